The molecule has 0 radical (unpaired) electrons. The van der Waals surface area contributed by atoms with Gasteiger partial charge in [-0.25, -0.2) is 0 Å². The lowest BCUT2D eigenvalue weighted by Gasteiger charge is -2.11. The molecule has 2 N–H and O–H groups in total. The quantitative estimate of drug-likeness (QED) is 0.342. The number of ether oxygens (including phenoxy) is 1. The molecule has 0 aliphatic rings. The highest BCUT2D eigenvalue weighted by molar-refractivity contribution is 5.78. The molecule has 1 unspecified atom stereocenters. The van der Waals surface area contributed by atoms with Gasteiger partial charge in [0.2, 0.25) is 0 Å². The van der Waals surface area contributed by atoms with Crippen molar-refractivity contribution in [2.75, 3.05) is 13.2 Å². The molecule has 0 spiro atoms. The molecule has 0 amide bonds. The number of allylic oxidation sites excluding steroid dienone is 2. The predicted octanol–water partition coefficient (Wildman–Crippen LogP) is 2.14. The number of aliphatic hydroxyl groups excluding tert-OH is 1. The van der Waals surface area contributed by atoms with E-state index in [1.165, 1.54) is 0 Å². The molecule has 110 valence electrons. The van der Waals surface area contributed by atoms with Gasteiger partial charge in [-0.3, -0.25) is 9.59 Å². The van der Waals surface area contributed by atoms with Crippen LogP contribution in [0.2, 0.25) is 0 Å². The number of hydrogen-bond acceptors (Lipinski definition) is 4. The first-order chi connectivity index (χ1) is 9.11. The third kappa shape index (κ3) is 10.3. The summed E-state index contributed by atoms with van der Waals surface area (Å²) in [4.78, 5) is 22.3. The van der Waals surface area contributed by atoms with Gasteiger partial charge in [0.1, 0.15) is 6.61 Å². The summed E-state index contributed by atoms with van der Waals surface area (Å²) in [6, 6.07) is 0. The van der Waals surface area contributed by atoms with Crippen molar-refractivity contribution in [2.24, 2.45) is 5.92 Å². The maximum Gasteiger partial charge on any atom is 0.307 e. The van der Waals surface area contributed by atoms with Crippen LogP contribution in [0.15, 0.2) is 12.2 Å². The summed E-state index contributed by atoms with van der Waals surface area (Å²) < 4.78 is 4.67. The Kier molecular flexibility index (Phi) is 10.9. The molecule has 5 heteroatoms. The Labute approximate surface area is 114 Å². The van der Waals surface area contributed by atoms with E-state index in [0.717, 1.165) is 25.7 Å². The molecule has 0 saturated carbocycles. The van der Waals surface area contributed by atoms with E-state index in [-0.39, 0.29) is 19.6 Å². The van der Waals surface area contributed by atoms with E-state index in [4.69, 9.17) is 10.2 Å². The molecule has 19 heavy (non-hydrogen) atoms. The Morgan fingerprint density at radius 1 is 1.26 bits per heavy atom. The fraction of sp³-hybridized carbons (Fsp3) is 0.714. The van der Waals surface area contributed by atoms with Crippen molar-refractivity contribution < 1.29 is 24.5 Å². The largest absolute Gasteiger partial charge is 0.481 e. The standard InChI is InChI=1S/C14H24O5/c1-2-3-4-5-6-7-8-12(14(17)18)11-13(16)19-10-9-15/h3-4,12,15H,2,5-11H2,1H3,(H,17,18)/b4-3+. The normalized spacial score (nSPS) is 12.5. The first-order valence-electron chi connectivity index (χ1n) is 6.76. The van der Waals surface area contributed by atoms with Crippen LogP contribution in [0.3, 0.4) is 0 Å². The van der Waals surface area contributed by atoms with Crippen molar-refractivity contribution in [3.8, 4) is 0 Å². The summed E-state index contributed by atoms with van der Waals surface area (Å²) in [5.74, 6) is -2.22. The van der Waals surface area contributed by atoms with Crippen LogP contribution in [0.5, 0.6) is 0 Å². The van der Waals surface area contributed by atoms with E-state index < -0.39 is 17.9 Å². The Balaban J connectivity index is 3.89. The van der Waals surface area contributed by atoms with Crippen LogP contribution >= 0.6 is 0 Å². The second-order valence-electron chi connectivity index (χ2n) is 4.35. The van der Waals surface area contributed by atoms with Crippen LogP contribution in [0.25, 0.3) is 0 Å². The fourth-order valence-electron chi connectivity index (χ4n) is 1.67. The molecule has 0 aliphatic heterocycles. The monoisotopic (exact) mass is 272 g/mol. The van der Waals surface area contributed by atoms with Crippen LogP contribution in [0.1, 0.15) is 45.4 Å². The lowest BCUT2D eigenvalue weighted by molar-refractivity contribution is -0.152. The Hall–Kier alpha value is -1.36. The van der Waals surface area contributed by atoms with Crippen LogP contribution in [-0.4, -0.2) is 35.4 Å². The lowest BCUT2D eigenvalue weighted by atomic mass is 9.98. The smallest absolute Gasteiger partial charge is 0.307 e. The second kappa shape index (κ2) is 11.7. The summed E-state index contributed by atoms with van der Waals surface area (Å²) in [5.41, 5.74) is 0. The van der Waals surface area contributed by atoms with Crippen molar-refractivity contribution >= 4 is 11.9 Å². The Morgan fingerprint density at radius 3 is 2.58 bits per heavy atom. The molecule has 0 rings (SSSR count). The van der Waals surface area contributed by atoms with Crippen LogP contribution in [0.4, 0.5) is 0 Å². The number of hydrogen-bond donors (Lipinski definition) is 2. The lowest BCUT2D eigenvalue weighted by Crippen LogP contribution is -2.20. The average Bonchev–Trinajstić information content (AvgIpc) is 2.38. The first-order valence-corrected chi connectivity index (χ1v) is 6.76. The molecule has 0 aromatic carbocycles. The van der Waals surface area contributed by atoms with Crippen molar-refractivity contribution in [1.82, 2.24) is 0 Å². The Morgan fingerprint density at radius 2 is 2.00 bits per heavy atom. The number of carbonyl (C=O) groups excluding carboxylic acids is 1. The first kappa shape index (κ1) is 17.6. The number of esters is 1. The summed E-state index contributed by atoms with van der Waals surface area (Å²) in [5, 5.41) is 17.5. The van der Waals surface area contributed by atoms with Crippen LogP contribution in [-0.2, 0) is 14.3 Å². The number of unbranched alkanes of at least 4 members (excludes halogenated alkanes) is 2. The zero-order valence-electron chi connectivity index (χ0n) is 11.5. The molecule has 0 aromatic rings. The van der Waals surface area contributed by atoms with Crippen LogP contribution in [0, 0.1) is 5.92 Å². The van der Waals surface area contributed by atoms with Gasteiger partial charge in [-0.15, -0.1) is 0 Å². The highest BCUT2D eigenvalue weighted by Crippen LogP contribution is 2.15. The minimum absolute atomic E-state index is 0.0764. The molecule has 0 heterocycles. The average molecular weight is 272 g/mol. The number of carbonyl (C=O) groups is 2. The summed E-state index contributed by atoms with van der Waals surface area (Å²) in [7, 11) is 0. The maximum absolute atomic E-state index is 11.3. The number of aliphatic hydroxyl groups is 1. The summed E-state index contributed by atoms with van der Waals surface area (Å²) in [6.07, 6.45) is 8.17. The number of carboxylic acid groups (broad SMARTS) is 1. The van der Waals surface area contributed by atoms with Gasteiger partial charge in [-0.2, -0.15) is 0 Å². The van der Waals surface area contributed by atoms with Gasteiger partial charge >= 0.3 is 11.9 Å². The van der Waals surface area contributed by atoms with Gasteiger partial charge in [0.15, 0.2) is 0 Å². The van der Waals surface area contributed by atoms with Gasteiger partial charge in [-0.1, -0.05) is 25.5 Å². The maximum atomic E-state index is 11.3. The highest BCUT2D eigenvalue weighted by atomic mass is 16.5. The fourth-order valence-corrected chi connectivity index (χ4v) is 1.67. The van der Waals surface area contributed by atoms with Crippen molar-refractivity contribution in [3.63, 3.8) is 0 Å². The van der Waals surface area contributed by atoms with E-state index in [1.807, 2.05) is 0 Å². The van der Waals surface area contributed by atoms with E-state index >= 15 is 0 Å². The van der Waals surface area contributed by atoms with Crippen molar-refractivity contribution in [1.29, 1.82) is 0 Å². The number of carboxylic acids is 1. The van der Waals surface area contributed by atoms with Gasteiger partial charge in [0, 0.05) is 0 Å². The number of aliphatic carboxylic acids is 1. The number of rotatable bonds is 11. The molecule has 5 nitrogen and oxygen atoms in total. The highest BCUT2D eigenvalue weighted by Gasteiger charge is 2.21. The minimum atomic E-state index is -0.968. The minimum Gasteiger partial charge on any atom is -0.481 e. The van der Waals surface area contributed by atoms with Gasteiger partial charge in [0.05, 0.1) is 18.9 Å². The van der Waals surface area contributed by atoms with Crippen LogP contribution < -0.4 is 0 Å². The van der Waals surface area contributed by atoms with E-state index in [0.29, 0.717) is 6.42 Å². The second-order valence-corrected chi connectivity index (χ2v) is 4.35. The summed E-state index contributed by atoms with van der Waals surface area (Å²) >= 11 is 0. The molecule has 0 fully saturated rings. The van der Waals surface area contributed by atoms with Crippen molar-refractivity contribution in [3.05, 3.63) is 12.2 Å². The topological polar surface area (TPSA) is 83.8 Å². The molecule has 1 atom stereocenters. The van der Waals surface area contributed by atoms with Gasteiger partial charge < -0.3 is 14.9 Å². The zero-order valence-corrected chi connectivity index (χ0v) is 11.5. The van der Waals surface area contributed by atoms with E-state index in [1.54, 1.807) is 0 Å². The summed E-state index contributed by atoms with van der Waals surface area (Å²) in [6.45, 7) is 1.75. The molecular weight excluding hydrogens is 248 g/mol. The van der Waals surface area contributed by atoms with Gasteiger partial charge in [-0.05, 0) is 25.7 Å². The SMILES string of the molecule is CC/C=C/CCCCC(CC(=O)OCCO)C(=O)O. The van der Waals surface area contributed by atoms with Gasteiger partial charge in [0.25, 0.3) is 0 Å². The molecule has 0 saturated heterocycles. The molecule has 0 aliphatic carbocycles. The predicted molar refractivity (Wildman–Crippen MR) is 71.7 cm³/mol. The van der Waals surface area contributed by atoms with E-state index in [2.05, 4.69) is 23.8 Å². The zero-order chi connectivity index (χ0) is 14.5. The molecular formula is C14H24O5. The Bertz CT molecular complexity index is 286. The molecule has 0 bridgehead atoms. The third-order valence-corrected chi connectivity index (χ3v) is 2.69. The van der Waals surface area contributed by atoms with Crippen molar-refractivity contribution in [2.45, 2.75) is 45.4 Å². The van der Waals surface area contributed by atoms with E-state index in [9.17, 15) is 9.59 Å². The third-order valence-electron chi connectivity index (χ3n) is 2.69. The molecule has 0 aromatic heterocycles.